The average molecular weight is 294 g/mol. The normalized spacial score (nSPS) is 12.2. The number of benzene rings is 2. The predicted octanol–water partition coefficient (Wildman–Crippen LogP) is 3.90. The second kappa shape index (κ2) is 7.27. The first-order valence-corrected chi connectivity index (χ1v) is 6.94. The van der Waals surface area contributed by atoms with Crippen molar-refractivity contribution in [2.45, 2.75) is 12.6 Å². The minimum absolute atomic E-state index is 0.0445. The highest BCUT2D eigenvalue weighted by Gasteiger charge is 2.10. The minimum atomic E-state index is -0.353. The molecule has 4 heteroatoms. The Labute approximate surface area is 123 Å². The zero-order chi connectivity index (χ0) is 14.4. The molecule has 2 aromatic carbocycles. The van der Waals surface area contributed by atoms with E-state index in [0.29, 0.717) is 12.4 Å². The van der Waals surface area contributed by atoms with Gasteiger partial charge < -0.3 is 10.1 Å². The van der Waals surface area contributed by atoms with Crippen LogP contribution in [0.2, 0.25) is 0 Å². The minimum Gasteiger partial charge on any atom is -0.494 e. The molecule has 0 amide bonds. The molecule has 2 nitrogen and oxygen atoms in total. The number of alkyl halides is 1. The van der Waals surface area contributed by atoms with Crippen molar-refractivity contribution in [3.8, 4) is 5.75 Å². The Balaban J connectivity index is 2.02. The van der Waals surface area contributed by atoms with Crippen molar-refractivity contribution >= 4 is 11.6 Å². The number of halogens is 2. The van der Waals surface area contributed by atoms with E-state index < -0.39 is 0 Å². The van der Waals surface area contributed by atoms with Gasteiger partial charge in [-0.1, -0.05) is 36.4 Å². The fourth-order valence-electron chi connectivity index (χ4n) is 2.01. The smallest absolute Gasteiger partial charge is 0.165 e. The Bertz CT molecular complexity index is 547. The summed E-state index contributed by atoms with van der Waals surface area (Å²) in [5.74, 6) is 0.363. The highest BCUT2D eigenvalue weighted by molar-refractivity contribution is 6.18. The molecular formula is C16H17ClFNO. The lowest BCUT2D eigenvalue weighted by molar-refractivity contribution is 0.386. The van der Waals surface area contributed by atoms with Gasteiger partial charge in [-0.3, -0.25) is 0 Å². The third kappa shape index (κ3) is 3.71. The summed E-state index contributed by atoms with van der Waals surface area (Å²) in [4.78, 5) is 0. The van der Waals surface area contributed by atoms with Crippen LogP contribution in [0.3, 0.4) is 0 Å². The van der Waals surface area contributed by atoms with Crippen LogP contribution in [0, 0.1) is 5.82 Å². The Morgan fingerprint density at radius 1 is 1.20 bits per heavy atom. The topological polar surface area (TPSA) is 21.3 Å². The molecule has 0 aliphatic rings. The van der Waals surface area contributed by atoms with Crippen LogP contribution in [-0.2, 0) is 6.54 Å². The van der Waals surface area contributed by atoms with E-state index in [1.807, 2.05) is 36.4 Å². The van der Waals surface area contributed by atoms with Gasteiger partial charge in [0.05, 0.1) is 7.11 Å². The lowest BCUT2D eigenvalue weighted by atomic mass is 10.1. The first kappa shape index (κ1) is 14.8. The fraction of sp³-hybridized carbons (Fsp3) is 0.250. The van der Waals surface area contributed by atoms with Crippen molar-refractivity contribution in [3.63, 3.8) is 0 Å². The van der Waals surface area contributed by atoms with Gasteiger partial charge in [-0.25, -0.2) is 4.39 Å². The molecule has 0 radical (unpaired) electrons. The summed E-state index contributed by atoms with van der Waals surface area (Å²) in [7, 11) is 1.45. The van der Waals surface area contributed by atoms with Crippen LogP contribution in [0.1, 0.15) is 17.2 Å². The standard InChI is InChI=1S/C16H17ClFNO/c1-20-16-8-7-12(9-14(16)18)11-19-15(10-17)13-5-3-2-4-6-13/h2-9,15,19H,10-11H2,1H3. The van der Waals surface area contributed by atoms with Crippen LogP contribution in [0.15, 0.2) is 48.5 Å². The maximum Gasteiger partial charge on any atom is 0.165 e. The molecule has 0 aliphatic carbocycles. The monoisotopic (exact) mass is 293 g/mol. The Morgan fingerprint density at radius 3 is 2.55 bits per heavy atom. The summed E-state index contributed by atoms with van der Waals surface area (Å²) in [6.07, 6.45) is 0. The number of hydrogen-bond acceptors (Lipinski definition) is 2. The molecule has 106 valence electrons. The molecule has 2 aromatic rings. The summed E-state index contributed by atoms with van der Waals surface area (Å²) >= 11 is 5.99. The first-order valence-electron chi connectivity index (χ1n) is 6.41. The molecule has 0 saturated heterocycles. The van der Waals surface area contributed by atoms with Gasteiger partial charge in [-0.15, -0.1) is 11.6 Å². The van der Waals surface area contributed by atoms with Gasteiger partial charge in [0, 0.05) is 18.5 Å². The number of methoxy groups -OCH3 is 1. The van der Waals surface area contributed by atoms with E-state index in [9.17, 15) is 4.39 Å². The Morgan fingerprint density at radius 2 is 1.95 bits per heavy atom. The van der Waals surface area contributed by atoms with Gasteiger partial charge in [-0.05, 0) is 23.3 Å². The lowest BCUT2D eigenvalue weighted by Gasteiger charge is -2.16. The molecular weight excluding hydrogens is 277 g/mol. The number of ether oxygens (including phenoxy) is 1. The van der Waals surface area contributed by atoms with Crippen LogP contribution in [0.5, 0.6) is 5.75 Å². The van der Waals surface area contributed by atoms with Crippen LogP contribution in [-0.4, -0.2) is 13.0 Å². The predicted molar refractivity (Wildman–Crippen MR) is 79.7 cm³/mol. The van der Waals surface area contributed by atoms with E-state index in [0.717, 1.165) is 11.1 Å². The van der Waals surface area contributed by atoms with E-state index in [1.54, 1.807) is 6.07 Å². The van der Waals surface area contributed by atoms with Crippen molar-refractivity contribution in [1.82, 2.24) is 5.32 Å². The summed E-state index contributed by atoms with van der Waals surface area (Å²) in [6, 6.07) is 14.9. The Kier molecular flexibility index (Phi) is 5.39. The SMILES string of the molecule is COc1ccc(CNC(CCl)c2ccccc2)cc1F. The van der Waals surface area contributed by atoms with Crippen molar-refractivity contribution in [3.05, 3.63) is 65.5 Å². The molecule has 1 unspecified atom stereocenters. The zero-order valence-electron chi connectivity index (χ0n) is 11.3. The molecule has 0 bridgehead atoms. The van der Waals surface area contributed by atoms with Gasteiger partial charge in [0.25, 0.3) is 0 Å². The highest BCUT2D eigenvalue weighted by atomic mass is 35.5. The molecule has 2 rings (SSSR count). The third-order valence-corrected chi connectivity index (χ3v) is 3.43. The summed E-state index contributed by atoms with van der Waals surface area (Å²) in [5.41, 5.74) is 1.98. The molecule has 0 spiro atoms. The summed E-state index contributed by atoms with van der Waals surface area (Å²) < 4.78 is 18.5. The van der Waals surface area contributed by atoms with Crippen LogP contribution in [0.4, 0.5) is 4.39 Å². The lowest BCUT2D eigenvalue weighted by Crippen LogP contribution is -2.22. The molecule has 0 aliphatic heterocycles. The number of hydrogen-bond donors (Lipinski definition) is 1. The maximum absolute atomic E-state index is 13.6. The number of nitrogens with one attached hydrogen (secondary N) is 1. The van der Waals surface area contributed by atoms with Crippen LogP contribution in [0.25, 0.3) is 0 Å². The van der Waals surface area contributed by atoms with Gasteiger partial charge in [-0.2, -0.15) is 0 Å². The molecule has 20 heavy (non-hydrogen) atoms. The Hall–Kier alpha value is -1.58. The molecule has 0 heterocycles. The van der Waals surface area contributed by atoms with Crippen molar-refractivity contribution in [2.75, 3.05) is 13.0 Å². The van der Waals surface area contributed by atoms with E-state index in [1.165, 1.54) is 13.2 Å². The largest absolute Gasteiger partial charge is 0.494 e. The molecule has 1 atom stereocenters. The van der Waals surface area contributed by atoms with Gasteiger partial charge in [0.1, 0.15) is 0 Å². The second-order valence-corrected chi connectivity index (χ2v) is 4.78. The van der Waals surface area contributed by atoms with Gasteiger partial charge in [0.15, 0.2) is 11.6 Å². The molecule has 0 saturated carbocycles. The highest BCUT2D eigenvalue weighted by Crippen LogP contribution is 2.19. The van der Waals surface area contributed by atoms with Crippen molar-refractivity contribution in [2.24, 2.45) is 0 Å². The molecule has 1 N–H and O–H groups in total. The van der Waals surface area contributed by atoms with Gasteiger partial charge in [0.2, 0.25) is 0 Å². The average Bonchev–Trinajstić information content (AvgIpc) is 2.49. The fourth-order valence-corrected chi connectivity index (χ4v) is 2.30. The third-order valence-electron chi connectivity index (χ3n) is 3.13. The quantitative estimate of drug-likeness (QED) is 0.816. The molecule has 0 fully saturated rings. The van der Waals surface area contributed by atoms with E-state index >= 15 is 0 Å². The van der Waals surface area contributed by atoms with E-state index in [2.05, 4.69) is 5.32 Å². The zero-order valence-corrected chi connectivity index (χ0v) is 12.0. The van der Waals surface area contributed by atoms with Gasteiger partial charge >= 0.3 is 0 Å². The van der Waals surface area contributed by atoms with Crippen molar-refractivity contribution < 1.29 is 9.13 Å². The van der Waals surface area contributed by atoms with Crippen LogP contribution < -0.4 is 10.1 Å². The summed E-state index contributed by atoms with van der Waals surface area (Å²) in [5, 5.41) is 3.33. The van der Waals surface area contributed by atoms with E-state index in [4.69, 9.17) is 16.3 Å². The number of rotatable bonds is 6. The summed E-state index contributed by atoms with van der Waals surface area (Å²) in [6.45, 7) is 0.549. The van der Waals surface area contributed by atoms with E-state index in [-0.39, 0.29) is 17.6 Å². The first-order chi connectivity index (χ1) is 9.74. The molecule has 0 aromatic heterocycles. The maximum atomic E-state index is 13.6. The van der Waals surface area contributed by atoms with Crippen LogP contribution >= 0.6 is 11.6 Å². The van der Waals surface area contributed by atoms with Crippen molar-refractivity contribution in [1.29, 1.82) is 0 Å². The second-order valence-electron chi connectivity index (χ2n) is 4.47.